The molecule has 4 bridgehead atoms. The number of ether oxygens (including phenoxy) is 1. The molecule has 6 heteroatoms. The highest BCUT2D eigenvalue weighted by Gasteiger charge is 2.57. The summed E-state index contributed by atoms with van der Waals surface area (Å²) in [6, 6.07) is 0. The molecule has 1 aliphatic heterocycles. The molecule has 142 valence electrons. The summed E-state index contributed by atoms with van der Waals surface area (Å²) in [5.74, 6) is 1.79. The zero-order chi connectivity index (χ0) is 17.8. The van der Waals surface area contributed by atoms with Gasteiger partial charge < -0.3 is 10.1 Å². The second kappa shape index (κ2) is 6.33. The van der Waals surface area contributed by atoms with Gasteiger partial charge in [0.25, 0.3) is 0 Å². The topological polar surface area (TPSA) is 56.2 Å². The van der Waals surface area contributed by atoms with Crippen LogP contribution in [0.4, 0.5) is 5.69 Å². The van der Waals surface area contributed by atoms with Gasteiger partial charge >= 0.3 is 0 Å². The van der Waals surface area contributed by atoms with Crippen molar-refractivity contribution in [2.45, 2.75) is 74.8 Å². The van der Waals surface area contributed by atoms with Gasteiger partial charge in [0.05, 0.1) is 24.5 Å². The summed E-state index contributed by atoms with van der Waals surface area (Å²) in [7, 11) is 0. The number of alkyl halides is 1. The predicted octanol–water partition coefficient (Wildman–Crippen LogP) is 4.12. The Balaban J connectivity index is 1.21. The van der Waals surface area contributed by atoms with Gasteiger partial charge in [-0.3, -0.25) is 9.48 Å². The fourth-order valence-corrected chi connectivity index (χ4v) is 8.12. The van der Waals surface area contributed by atoms with Crippen LogP contribution < -0.4 is 5.32 Å². The average Bonchev–Trinajstić information content (AvgIpc) is 3.16. The highest BCUT2D eigenvalue weighted by atomic mass is 79.9. The van der Waals surface area contributed by atoms with Gasteiger partial charge in [-0.1, -0.05) is 15.9 Å². The third-order valence-electron chi connectivity index (χ3n) is 6.98. The van der Waals surface area contributed by atoms with Gasteiger partial charge in [-0.05, 0) is 68.6 Å². The fraction of sp³-hybridized carbons (Fsp3) is 0.800. The minimum atomic E-state index is 0.153. The fourth-order valence-electron chi connectivity index (χ4n) is 6.61. The summed E-state index contributed by atoms with van der Waals surface area (Å²) in [6.07, 6.45) is 14.5. The first-order valence-corrected chi connectivity index (χ1v) is 10.9. The number of aromatic nitrogens is 2. The minimum absolute atomic E-state index is 0.153. The van der Waals surface area contributed by atoms with Crippen LogP contribution in [-0.2, 0) is 16.1 Å². The van der Waals surface area contributed by atoms with Gasteiger partial charge in [0.15, 0.2) is 0 Å². The molecule has 26 heavy (non-hydrogen) atoms. The molecular formula is C20H28BrN3O2. The van der Waals surface area contributed by atoms with Crippen molar-refractivity contribution < 1.29 is 9.53 Å². The monoisotopic (exact) mass is 421 g/mol. The average molecular weight is 422 g/mol. The van der Waals surface area contributed by atoms with Crippen LogP contribution in [0.25, 0.3) is 0 Å². The number of anilines is 1. The predicted molar refractivity (Wildman–Crippen MR) is 103 cm³/mol. The van der Waals surface area contributed by atoms with Crippen LogP contribution in [0.5, 0.6) is 0 Å². The van der Waals surface area contributed by atoms with E-state index in [-0.39, 0.29) is 17.4 Å². The summed E-state index contributed by atoms with van der Waals surface area (Å²) < 4.78 is 7.86. The molecular weight excluding hydrogens is 394 g/mol. The zero-order valence-electron chi connectivity index (χ0n) is 15.3. The molecule has 5 fully saturated rings. The second-order valence-electron chi connectivity index (χ2n) is 9.42. The number of hydrogen-bond acceptors (Lipinski definition) is 3. The van der Waals surface area contributed by atoms with Gasteiger partial charge in [0.2, 0.25) is 5.91 Å². The summed E-state index contributed by atoms with van der Waals surface area (Å²) in [5.41, 5.74) is 1.03. The second-order valence-corrected chi connectivity index (χ2v) is 11.1. The maximum Gasteiger partial charge on any atom is 0.225 e. The van der Waals surface area contributed by atoms with Crippen LogP contribution in [0.3, 0.4) is 0 Å². The Kier molecular flexibility index (Phi) is 4.20. The molecule has 0 spiro atoms. The Bertz CT molecular complexity index is 683. The molecule has 0 aromatic carbocycles. The van der Waals surface area contributed by atoms with Gasteiger partial charge in [0, 0.05) is 23.5 Å². The molecule has 2 heterocycles. The molecule has 4 saturated carbocycles. The van der Waals surface area contributed by atoms with Gasteiger partial charge in [-0.15, -0.1) is 0 Å². The molecule has 1 aromatic rings. The lowest BCUT2D eigenvalue weighted by molar-refractivity contribution is -0.123. The van der Waals surface area contributed by atoms with Gasteiger partial charge in [-0.25, -0.2) is 0 Å². The smallest absolute Gasteiger partial charge is 0.225 e. The largest absolute Gasteiger partial charge is 0.376 e. The van der Waals surface area contributed by atoms with E-state index in [9.17, 15) is 4.79 Å². The highest BCUT2D eigenvalue weighted by molar-refractivity contribution is 9.10. The third-order valence-corrected chi connectivity index (χ3v) is 7.91. The molecule has 1 N–H and O–H groups in total. The highest BCUT2D eigenvalue weighted by Crippen LogP contribution is 2.65. The van der Waals surface area contributed by atoms with E-state index < -0.39 is 0 Å². The summed E-state index contributed by atoms with van der Waals surface area (Å²) >= 11 is 4.04. The SMILES string of the molecule is O=C(CC12C[C@H]3C[C@@H](CC(Br)(C3)C1)C2)Nc1cnn(C[C@@H]2CCCO2)c1. The standard InChI is InChI=1S/C20H28BrN3O2/c21-20-7-14-4-15(8-20)6-19(5-14,13-20)9-18(25)23-16-10-22-24(11-16)12-17-2-1-3-26-17/h10-11,14-15,17H,1-9,12-13H2,(H,23,25)/t14-,15-,17+,19?,20?/m1/s1. The molecule has 1 amide bonds. The summed E-state index contributed by atoms with van der Waals surface area (Å²) in [6.45, 7) is 1.63. The number of carbonyl (C=O) groups excluding carboxylic acids is 1. The first kappa shape index (κ1) is 17.2. The van der Waals surface area contributed by atoms with Crippen molar-refractivity contribution in [1.29, 1.82) is 0 Å². The van der Waals surface area contributed by atoms with E-state index in [2.05, 4.69) is 26.3 Å². The molecule has 3 atom stereocenters. The van der Waals surface area contributed by atoms with Gasteiger partial charge in [-0.2, -0.15) is 5.10 Å². The Morgan fingerprint density at radius 2 is 2.15 bits per heavy atom. The third kappa shape index (κ3) is 3.35. The molecule has 5 nitrogen and oxygen atoms in total. The Morgan fingerprint density at radius 3 is 2.85 bits per heavy atom. The molecule has 0 radical (unpaired) electrons. The molecule has 0 unspecified atom stereocenters. The quantitative estimate of drug-likeness (QED) is 0.727. The van der Waals surface area contributed by atoms with Crippen molar-refractivity contribution >= 4 is 27.5 Å². The van der Waals surface area contributed by atoms with Crippen molar-refractivity contribution in [3.63, 3.8) is 0 Å². The maximum absolute atomic E-state index is 12.8. The van der Waals surface area contributed by atoms with Crippen LogP contribution in [0.2, 0.25) is 0 Å². The van der Waals surface area contributed by atoms with E-state index in [4.69, 9.17) is 4.74 Å². The molecule has 5 aliphatic rings. The molecule has 1 aromatic heterocycles. The van der Waals surface area contributed by atoms with E-state index in [1.54, 1.807) is 6.20 Å². The van der Waals surface area contributed by atoms with Crippen molar-refractivity contribution in [3.8, 4) is 0 Å². The zero-order valence-corrected chi connectivity index (χ0v) is 16.8. The number of nitrogens with one attached hydrogen (secondary N) is 1. The molecule has 1 saturated heterocycles. The lowest BCUT2D eigenvalue weighted by Gasteiger charge is -2.60. The number of nitrogens with zero attached hydrogens (tertiary/aromatic N) is 2. The number of halogens is 1. The first-order chi connectivity index (χ1) is 12.5. The number of amides is 1. The number of carbonyl (C=O) groups is 1. The lowest BCUT2D eigenvalue weighted by atomic mass is 9.48. The van der Waals surface area contributed by atoms with Crippen LogP contribution in [0, 0.1) is 17.3 Å². The number of rotatable bonds is 5. The lowest BCUT2D eigenvalue weighted by Crippen LogP contribution is -2.53. The summed E-state index contributed by atoms with van der Waals surface area (Å²) in [5, 5.41) is 7.48. The number of hydrogen-bond donors (Lipinski definition) is 1. The van der Waals surface area contributed by atoms with Crippen molar-refractivity contribution in [2.24, 2.45) is 17.3 Å². The molecule has 4 aliphatic carbocycles. The first-order valence-electron chi connectivity index (χ1n) is 10.1. The maximum atomic E-state index is 12.8. The summed E-state index contributed by atoms with van der Waals surface area (Å²) in [4.78, 5) is 12.8. The Morgan fingerprint density at radius 1 is 1.35 bits per heavy atom. The Hall–Kier alpha value is -0.880. The Labute approximate surface area is 163 Å². The minimum Gasteiger partial charge on any atom is -0.376 e. The van der Waals surface area contributed by atoms with E-state index in [0.717, 1.165) is 43.5 Å². The van der Waals surface area contributed by atoms with E-state index in [0.29, 0.717) is 10.7 Å². The van der Waals surface area contributed by atoms with Gasteiger partial charge in [0.1, 0.15) is 0 Å². The molecule has 6 rings (SSSR count). The van der Waals surface area contributed by atoms with Crippen molar-refractivity contribution in [3.05, 3.63) is 12.4 Å². The van der Waals surface area contributed by atoms with E-state index in [1.807, 2.05) is 10.9 Å². The van der Waals surface area contributed by atoms with Crippen LogP contribution in [0.15, 0.2) is 12.4 Å². The van der Waals surface area contributed by atoms with E-state index in [1.165, 1.54) is 38.5 Å². The van der Waals surface area contributed by atoms with Crippen LogP contribution >= 0.6 is 15.9 Å². The normalized spacial score (nSPS) is 40.9. The van der Waals surface area contributed by atoms with Crippen molar-refractivity contribution in [1.82, 2.24) is 9.78 Å². The van der Waals surface area contributed by atoms with E-state index >= 15 is 0 Å². The van der Waals surface area contributed by atoms with Crippen LogP contribution in [-0.4, -0.2) is 32.7 Å². The van der Waals surface area contributed by atoms with Crippen molar-refractivity contribution in [2.75, 3.05) is 11.9 Å². The van der Waals surface area contributed by atoms with Crippen LogP contribution in [0.1, 0.15) is 57.8 Å².